The zero-order valence-corrected chi connectivity index (χ0v) is 43.3. The van der Waals surface area contributed by atoms with Crippen molar-refractivity contribution >= 4 is 45.9 Å². The molecule has 1 aliphatic heterocycles. The van der Waals surface area contributed by atoms with E-state index in [1.54, 1.807) is 0 Å². The Bertz CT molecular complexity index is 2610. The summed E-state index contributed by atoms with van der Waals surface area (Å²) in [7, 11) is 4.35. The molecule has 4 aromatic rings. The van der Waals surface area contributed by atoms with Crippen molar-refractivity contribution in [2.75, 3.05) is 140 Å². The molecule has 0 radical (unpaired) electrons. The van der Waals surface area contributed by atoms with Crippen molar-refractivity contribution in [3.8, 4) is 30.0 Å². The molecule has 0 saturated carbocycles. The first kappa shape index (κ1) is 59.7. The molecule has 4 amide bonds. The zero-order chi connectivity index (χ0) is 54.5. The van der Waals surface area contributed by atoms with Crippen molar-refractivity contribution in [1.29, 1.82) is 5.26 Å². The van der Waals surface area contributed by atoms with Gasteiger partial charge in [0.1, 0.15) is 24.2 Å². The van der Waals surface area contributed by atoms with Gasteiger partial charge in [-0.3, -0.25) is 24.0 Å². The van der Waals surface area contributed by atoms with Gasteiger partial charge in [0.05, 0.1) is 127 Å². The minimum absolute atomic E-state index is 0.0120. The van der Waals surface area contributed by atoms with Crippen molar-refractivity contribution in [2.45, 2.75) is 37.6 Å². The van der Waals surface area contributed by atoms with Gasteiger partial charge in [-0.1, -0.05) is 36.3 Å². The molecule has 0 bridgehead atoms. The highest BCUT2D eigenvalue weighted by atomic mass is 16.6. The number of aromatic amines is 1. The number of nitrogens with one attached hydrogen (secondary N) is 3. The number of Topliss-reactive ketones (excluding diaryl/α,β-unsaturated/α-hetero) is 1. The molecule has 0 spiro atoms. The Hall–Kier alpha value is -7.13. The molecule has 1 fully saturated rings. The van der Waals surface area contributed by atoms with E-state index >= 15 is 0 Å². The number of methoxy groups -OCH3 is 3. The number of hydrogen-bond donors (Lipinski definition) is 4. The van der Waals surface area contributed by atoms with Crippen LogP contribution in [0.4, 0.5) is 0 Å². The van der Waals surface area contributed by atoms with Crippen molar-refractivity contribution in [1.82, 2.24) is 45.2 Å². The van der Waals surface area contributed by atoms with Crippen LogP contribution in [-0.4, -0.2) is 215 Å². The van der Waals surface area contributed by atoms with Crippen molar-refractivity contribution in [3.63, 3.8) is 0 Å². The summed E-state index contributed by atoms with van der Waals surface area (Å²) in [4.78, 5) is 81.1. The number of carbonyl (C=O) groups is 5. The lowest BCUT2D eigenvalue weighted by Crippen LogP contribution is -2.60. The molecular formula is C52H68N10O14. The van der Waals surface area contributed by atoms with Crippen LogP contribution in [0.1, 0.15) is 58.6 Å². The Morgan fingerprint density at radius 2 is 1.51 bits per heavy atom. The Morgan fingerprint density at radius 1 is 0.855 bits per heavy atom. The normalized spacial score (nSPS) is 12.5. The van der Waals surface area contributed by atoms with Gasteiger partial charge in [-0.15, -0.1) is 11.5 Å². The van der Waals surface area contributed by atoms with E-state index < -0.39 is 29.7 Å². The van der Waals surface area contributed by atoms with Gasteiger partial charge in [-0.05, 0) is 30.4 Å². The molecule has 3 aromatic heterocycles. The number of aliphatic hydroxyl groups is 1. The smallest absolute Gasteiger partial charge is 0.295 e. The largest absolute Gasteiger partial charge is 0.494 e. The fourth-order valence-electron chi connectivity index (χ4n) is 8.28. The second kappa shape index (κ2) is 32.3. The van der Waals surface area contributed by atoms with Gasteiger partial charge in [-0.2, -0.15) is 9.94 Å². The Morgan fingerprint density at radius 3 is 2.16 bits per heavy atom. The maximum atomic E-state index is 13.8. The summed E-state index contributed by atoms with van der Waals surface area (Å²) < 4.78 is 44.8. The molecule has 410 valence electrons. The lowest BCUT2D eigenvalue weighted by atomic mass is 9.93. The highest BCUT2D eigenvalue weighted by Crippen LogP contribution is 2.33. The molecule has 76 heavy (non-hydrogen) atoms. The first-order valence-electron chi connectivity index (χ1n) is 24.8. The summed E-state index contributed by atoms with van der Waals surface area (Å²) in [5, 5.41) is 30.4. The van der Waals surface area contributed by atoms with Crippen molar-refractivity contribution < 1.29 is 67.0 Å². The number of H-pyrrole nitrogens is 1. The highest BCUT2D eigenvalue weighted by Gasteiger charge is 2.39. The number of nitrogens with zero attached hydrogens (tertiary/aromatic N) is 7. The van der Waals surface area contributed by atoms with E-state index in [4.69, 9.17) is 44.3 Å². The molecule has 5 rings (SSSR count). The number of nitriles is 1. The van der Waals surface area contributed by atoms with Gasteiger partial charge in [0, 0.05) is 59.6 Å². The number of likely N-dealkylation sites (tertiary alicyclic amines) is 1. The van der Waals surface area contributed by atoms with Crippen molar-refractivity contribution in [3.05, 3.63) is 71.6 Å². The summed E-state index contributed by atoms with van der Waals surface area (Å²) in [5.41, 5.74) is 1.54. The third kappa shape index (κ3) is 17.2. The van der Waals surface area contributed by atoms with Crippen LogP contribution in [0.15, 0.2) is 54.6 Å². The monoisotopic (exact) mass is 1060 g/mol. The third-order valence-electron chi connectivity index (χ3n) is 12.0. The minimum Gasteiger partial charge on any atom is -0.494 e. The number of terminal acetylenes is 1. The van der Waals surface area contributed by atoms with Gasteiger partial charge < -0.3 is 68.4 Å². The number of carbonyl (C=O) groups excluding carboxylic acids is 5. The lowest BCUT2D eigenvalue weighted by molar-refractivity contribution is -0.149. The molecule has 1 saturated heterocycles. The van der Waals surface area contributed by atoms with E-state index in [0.29, 0.717) is 68.8 Å². The van der Waals surface area contributed by atoms with E-state index in [1.807, 2.05) is 30.3 Å². The summed E-state index contributed by atoms with van der Waals surface area (Å²) >= 11 is 0. The number of ether oxygens (including phenoxy) is 8. The van der Waals surface area contributed by atoms with Crippen LogP contribution in [0.2, 0.25) is 0 Å². The number of aromatic nitrogens is 5. The minimum atomic E-state index is -1.16. The summed E-state index contributed by atoms with van der Waals surface area (Å²) in [6, 6.07) is 11.6. The van der Waals surface area contributed by atoms with Crippen LogP contribution in [0, 0.1) is 23.7 Å². The Labute approximate surface area is 441 Å². The zero-order valence-electron chi connectivity index (χ0n) is 43.3. The first-order chi connectivity index (χ1) is 37.1. The number of rotatable bonds is 35. The number of benzene rings is 1. The quantitative estimate of drug-likeness (QED) is 0.0167. The SMILES string of the molecule is C#CCOCCOCCOCCOCCC(=O)N(CCCNC(=O)CCOCCNC(=O)c1ncn(-c2ncc(OC)c3c(C(=O)C(=O)N4CCC(=C(C#N)c5ccccc5)CC4)c[nH]c23)n1)C(CO)(COC)COC. The molecule has 24 heteroatoms. The number of piperidine rings is 1. The van der Waals surface area contributed by atoms with Crippen LogP contribution in [0.3, 0.4) is 0 Å². The van der Waals surface area contributed by atoms with Crippen molar-refractivity contribution in [2.24, 2.45) is 0 Å². The second-order valence-electron chi connectivity index (χ2n) is 17.2. The molecule has 4 N–H and O–H groups in total. The number of allylic oxidation sites excluding steroid dienone is 1. The predicted octanol–water partition coefficient (Wildman–Crippen LogP) is 1.52. The Kier molecular flexibility index (Phi) is 25.4. The third-order valence-corrected chi connectivity index (χ3v) is 12.0. The molecular weight excluding hydrogens is 989 g/mol. The summed E-state index contributed by atoms with van der Waals surface area (Å²) in [6.45, 7) is 3.28. The predicted molar refractivity (Wildman–Crippen MR) is 274 cm³/mol. The van der Waals surface area contributed by atoms with Gasteiger partial charge in [0.25, 0.3) is 17.6 Å². The molecule has 0 unspecified atom stereocenters. The molecule has 1 aliphatic rings. The highest BCUT2D eigenvalue weighted by molar-refractivity contribution is 6.45. The molecule has 0 aliphatic carbocycles. The van der Waals surface area contributed by atoms with E-state index in [1.165, 1.54) is 54.5 Å². The van der Waals surface area contributed by atoms with Gasteiger partial charge in [0.15, 0.2) is 5.82 Å². The van der Waals surface area contributed by atoms with E-state index in [0.717, 1.165) is 11.1 Å². The Balaban J connectivity index is 1.02. The van der Waals surface area contributed by atoms with E-state index in [-0.39, 0.29) is 127 Å². The second-order valence-corrected chi connectivity index (χ2v) is 17.2. The van der Waals surface area contributed by atoms with Gasteiger partial charge in [-0.25, -0.2) is 9.97 Å². The van der Waals surface area contributed by atoms with Crippen LogP contribution in [0.5, 0.6) is 5.75 Å². The van der Waals surface area contributed by atoms with Crippen LogP contribution in [0.25, 0.3) is 22.3 Å². The van der Waals surface area contributed by atoms with Crippen LogP contribution in [-0.2, 0) is 47.5 Å². The average molecular weight is 1060 g/mol. The summed E-state index contributed by atoms with van der Waals surface area (Å²) in [5.74, 6) is -0.00660. The van der Waals surface area contributed by atoms with Gasteiger partial charge in [0.2, 0.25) is 17.6 Å². The average Bonchev–Trinajstić information content (AvgIpc) is 4.13. The number of amides is 4. The maximum Gasteiger partial charge on any atom is 0.295 e. The number of fused-ring (bicyclic) bond motifs is 1. The van der Waals surface area contributed by atoms with Gasteiger partial charge >= 0.3 is 0 Å². The van der Waals surface area contributed by atoms with Crippen LogP contribution < -0.4 is 15.4 Å². The number of ketones is 1. The number of aliphatic hydroxyl groups excluding tert-OH is 1. The topological polar surface area (TPSA) is 293 Å². The summed E-state index contributed by atoms with van der Waals surface area (Å²) in [6.07, 6.45) is 10.5. The molecule has 0 atom stereocenters. The lowest BCUT2D eigenvalue weighted by Gasteiger charge is -2.42. The standard InChI is InChI=1S/C52H68N10O14/c1-5-21-72-25-27-75-29-30-76-28-26-74-23-15-44(65)61(52(34-63,35-69-2)36-70-3)18-9-16-54-43(64)14-22-73-24-17-55-50(67)48-58-37-62(59-48)49-46-45(42(71-4)33-57-49)41(32-56-46)47(66)51(68)60-19-12-39(13-20-60)40(31-53)38-10-7-6-8-11-38/h1,6-8,10-11,32-33,37,56,63H,9,12-30,34-36H2,2-4H3,(H,54,64)(H,55,67). The first-order valence-corrected chi connectivity index (χ1v) is 24.8. The van der Waals surface area contributed by atoms with E-state index in [2.05, 4.69) is 42.7 Å². The fourth-order valence-corrected chi connectivity index (χ4v) is 8.28. The molecule has 4 heterocycles. The maximum absolute atomic E-state index is 13.8. The van der Waals surface area contributed by atoms with Crippen LogP contribution >= 0.6 is 0 Å². The fraction of sp³-hybridized carbons (Fsp3) is 0.519. The molecule has 1 aromatic carbocycles. The molecule has 24 nitrogen and oxygen atoms in total. The van der Waals surface area contributed by atoms with E-state index in [9.17, 15) is 34.3 Å². The number of pyridine rings is 1. The number of hydrogen-bond acceptors (Lipinski definition) is 18.